The number of hydrogen-bond donors (Lipinski definition) is 1. The highest BCUT2D eigenvalue weighted by Gasteiger charge is 2.35. The van der Waals surface area contributed by atoms with Gasteiger partial charge in [-0.25, -0.2) is 8.78 Å². The molecule has 0 atom stereocenters. The zero-order chi connectivity index (χ0) is 21.1. The molecule has 1 aliphatic heterocycles. The molecule has 6 heteroatoms. The standard InChI is InChI=1S/C25H23F2NO2.ClH/c26-21-9-6-19(7-10-21)24(29)22-16-20(8-11-23(22)27)25(30)12-14-28(15-13-25)17-18-4-2-1-3-5-18;/h1-11,16,30H,12-15,17H2;1H. The molecule has 31 heavy (non-hydrogen) atoms. The van der Waals surface area contributed by atoms with Gasteiger partial charge in [-0.3, -0.25) is 9.69 Å². The molecule has 1 N–H and O–H groups in total. The number of likely N-dealkylation sites (tertiary alicyclic amines) is 1. The molecule has 0 spiro atoms. The van der Waals surface area contributed by atoms with E-state index in [9.17, 15) is 18.7 Å². The molecule has 0 aliphatic carbocycles. The van der Waals surface area contributed by atoms with Crippen LogP contribution in [0.5, 0.6) is 0 Å². The van der Waals surface area contributed by atoms with Crippen molar-refractivity contribution in [2.75, 3.05) is 13.1 Å². The van der Waals surface area contributed by atoms with Crippen LogP contribution in [0.1, 0.15) is 39.9 Å². The number of hydrogen-bond acceptors (Lipinski definition) is 3. The van der Waals surface area contributed by atoms with E-state index in [1.807, 2.05) is 18.2 Å². The highest BCUT2D eigenvalue weighted by atomic mass is 35.5. The first-order valence-electron chi connectivity index (χ1n) is 10.0. The Morgan fingerprint density at radius 2 is 1.58 bits per heavy atom. The quantitative estimate of drug-likeness (QED) is 0.558. The fourth-order valence-corrected chi connectivity index (χ4v) is 3.96. The molecule has 3 nitrogen and oxygen atoms in total. The predicted octanol–water partition coefficient (Wildman–Crippen LogP) is 5.10. The molecule has 0 aromatic heterocycles. The van der Waals surface area contributed by atoms with Crippen molar-refractivity contribution in [1.29, 1.82) is 0 Å². The summed E-state index contributed by atoms with van der Waals surface area (Å²) in [5.41, 5.74) is 0.737. The van der Waals surface area contributed by atoms with Crippen LogP contribution in [0.25, 0.3) is 0 Å². The highest BCUT2D eigenvalue weighted by molar-refractivity contribution is 6.09. The van der Waals surface area contributed by atoms with E-state index in [2.05, 4.69) is 17.0 Å². The minimum absolute atomic E-state index is 0. The lowest BCUT2D eigenvalue weighted by Crippen LogP contribution is -2.42. The smallest absolute Gasteiger partial charge is 0.195 e. The van der Waals surface area contributed by atoms with Crippen molar-refractivity contribution in [2.45, 2.75) is 25.0 Å². The van der Waals surface area contributed by atoms with Gasteiger partial charge in [0.05, 0.1) is 11.2 Å². The van der Waals surface area contributed by atoms with Crippen LogP contribution in [0.2, 0.25) is 0 Å². The zero-order valence-corrected chi connectivity index (χ0v) is 17.7. The van der Waals surface area contributed by atoms with Gasteiger partial charge in [-0.15, -0.1) is 12.4 Å². The van der Waals surface area contributed by atoms with E-state index < -0.39 is 23.0 Å². The second-order valence-corrected chi connectivity index (χ2v) is 7.82. The van der Waals surface area contributed by atoms with Crippen molar-refractivity contribution >= 4 is 18.2 Å². The lowest BCUT2D eigenvalue weighted by atomic mass is 9.83. The molecule has 0 radical (unpaired) electrons. The summed E-state index contributed by atoms with van der Waals surface area (Å²) in [6.07, 6.45) is 0.991. The maximum Gasteiger partial charge on any atom is 0.195 e. The molecule has 1 saturated heterocycles. The molecule has 0 unspecified atom stereocenters. The van der Waals surface area contributed by atoms with Crippen molar-refractivity contribution in [3.63, 3.8) is 0 Å². The number of benzene rings is 3. The molecular weight excluding hydrogens is 420 g/mol. The minimum Gasteiger partial charge on any atom is -0.385 e. The minimum atomic E-state index is -1.11. The Balaban J connectivity index is 0.00000272. The van der Waals surface area contributed by atoms with E-state index in [1.54, 1.807) is 6.07 Å². The van der Waals surface area contributed by atoms with Gasteiger partial charge in [-0.05, 0) is 60.4 Å². The molecule has 3 aromatic carbocycles. The topological polar surface area (TPSA) is 40.5 Å². The number of aliphatic hydroxyl groups is 1. The fourth-order valence-electron chi connectivity index (χ4n) is 3.96. The predicted molar refractivity (Wildman–Crippen MR) is 118 cm³/mol. The van der Waals surface area contributed by atoms with E-state index >= 15 is 0 Å². The SMILES string of the molecule is Cl.O=C(c1ccc(F)cc1)c1cc(C2(O)CCN(Cc3ccccc3)CC2)ccc1F. The van der Waals surface area contributed by atoms with Gasteiger partial charge in [0.15, 0.2) is 5.78 Å². The molecule has 3 aromatic rings. The Kier molecular flexibility index (Phi) is 7.21. The zero-order valence-electron chi connectivity index (χ0n) is 16.9. The second-order valence-electron chi connectivity index (χ2n) is 7.82. The van der Waals surface area contributed by atoms with E-state index in [0.717, 1.165) is 6.54 Å². The number of piperidine rings is 1. The van der Waals surface area contributed by atoms with Gasteiger partial charge in [0.2, 0.25) is 0 Å². The van der Waals surface area contributed by atoms with Crippen LogP contribution >= 0.6 is 12.4 Å². The third kappa shape index (κ3) is 5.18. The Morgan fingerprint density at radius 3 is 2.23 bits per heavy atom. The lowest BCUT2D eigenvalue weighted by Gasteiger charge is -2.38. The number of ketones is 1. The number of halogens is 3. The summed E-state index contributed by atoms with van der Waals surface area (Å²) in [5.74, 6) is -1.64. The van der Waals surface area contributed by atoms with Crippen molar-refractivity contribution in [1.82, 2.24) is 4.90 Å². The van der Waals surface area contributed by atoms with Gasteiger partial charge in [0, 0.05) is 25.2 Å². The van der Waals surface area contributed by atoms with Crippen molar-refractivity contribution in [3.8, 4) is 0 Å². The van der Waals surface area contributed by atoms with E-state index in [-0.39, 0.29) is 23.5 Å². The molecule has 0 amide bonds. The van der Waals surface area contributed by atoms with Gasteiger partial charge < -0.3 is 5.11 Å². The molecule has 4 rings (SSSR count). The van der Waals surface area contributed by atoms with Crippen LogP contribution in [-0.4, -0.2) is 28.9 Å². The summed E-state index contributed by atoms with van der Waals surface area (Å²) in [5, 5.41) is 11.2. The summed E-state index contributed by atoms with van der Waals surface area (Å²) in [4.78, 5) is 15.0. The first kappa shape index (κ1) is 23.1. The van der Waals surface area contributed by atoms with Crippen LogP contribution < -0.4 is 0 Å². The van der Waals surface area contributed by atoms with Crippen LogP contribution in [0.4, 0.5) is 8.78 Å². The third-order valence-corrected chi connectivity index (χ3v) is 5.79. The second kappa shape index (κ2) is 9.69. The average Bonchev–Trinajstić information content (AvgIpc) is 2.76. The highest BCUT2D eigenvalue weighted by Crippen LogP contribution is 2.34. The van der Waals surface area contributed by atoms with Crippen LogP contribution in [0.15, 0.2) is 72.8 Å². The van der Waals surface area contributed by atoms with Gasteiger partial charge in [0.1, 0.15) is 11.6 Å². The number of rotatable bonds is 5. The summed E-state index contributed by atoms with van der Waals surface area (Å²) in [6.45, 7) is 2.21. The monoisotopic (exact) mass is 443 g/mol. The molecule has 1 aliphatic rings. The summed E-state index contributed by atoms with van der Waals surface area (Å²) >= 11 is 0. The molecule has 0 bridgehead atoms. The molecule has 162 valence electrons. The largest absolute Gasteiger partial charge is 0.385 e. The number of carbonyl (C=O) groups is 1. The maximum absolute atomic E-state index is 14.4. The average molecular weight is 444 g/mol. The molecule has 0 saturated carbocycles. The van der Waals surface area contributed by atoms with E-state index in [0.29, 0.717) is 31.5 Å². The van der Waals surface area contributed by atoms with Crippen LogP contribution in [-0.2, 0) is 12.1 Å². The van der Waals surface area contributed by atoms with E-state index in [4.69, 9.17) is 0 Å². The van der Waals surface area contributed by atoms with Crippen molar-refractivity contribution in [3.05, 3.63) is 107 Å². The Hall–Kier alpha value is -2.60. The summed E-state index contributed by atoms with van der Waals surface area (Å²) < 4.78 is 27.5. The fraction of sp³-hybridized carbons (Fsp3) is 0.240. The molecule has 1 heterocycles. The van der Waals surface area contributed by atoms with Gasteiger partial charge in [0.25, 0.3) is 0 Å². The molecular formula is C25H24ClF2NO2. The lowest BCUT2D eigenvalue weighted by molar-refractivity contribution is -0.0278. The van der Waals surface area contributed by atoms with E-state index in [1.165, 1.54) is 42.0 Å². The van der Waals surface area contributed by atoms with Crippen LogP contribution in [0, 0.1) is 11.6 Å². The third-order valence-electron chi connectivity index (χ3n) is 5.79. The first-order chi connectivity index (χ1) is 14.4. The first-order valence-corrected chi connectivity index (χ1v) is 10.0. The normalized spacial score (nSPS) is 15.8. The number of nitrogens with zero attached hydrogens (tertiary/aromatic N) is 1. The Morgan fingerprint density at radius 1 is 0.935 bits per heavy atom. The van der Waals surface area contributed by atoms with Crippen LogP contribution in [0.3, 0.4) is 0 Å². The van der Waals surface area contributed by atoms with Gasteiger partial charge in [-0.1, -0.05) is 36.4 Å². The number of carbonyl (C=O) groups excluding carboxylic acids is 1. The maximum atomic E-state index is 14.4. The Labute approximate surface area is 186 Å². The summed E-state index contributed by atoms with van der Waals surface area (Å²) in [6, 6.07) is 19.4. The van der Waals surface area contributed by atoms with Crippen molar-refractivity contribution in [2.24, 2.45) is 0 Å². The van der Waals surface area contributed by atoms with Gasteiger partial charge >= 0.3 is 0 Å². The van der Waals surface area contributed by atoms with Gasteiger partial charge in [-0.2, -0.15) is 0 Å². The summed E-state index contributed by atoms with van der Waals surface area (Å²) in [7, 11) is 0. The Bertz CT molecular complexity index is 1030. The molecule has 1 fully saturated rings. The van der Waals surface area contributed by atoms with Crippen molar-refractivity contribution < 1.29 is 18.7 Å².